The van der Waals surface area contributed by atoms with Gasteiger partial charge in [-0.05, 0) is 73.1 Å². The molecule has 0 radical (unpaired) electrons. The molecule has 1 aliphatic carbocycles. The van der Waals surface area contributed by atoms with Crippen LogP contribution in [0, 0.1) is 11.8 Å². The highest BCUT2D eigenvalue weighted by Crippen LogP contribution is 2.42. The molecule has 6 rings (SSSR count). The van der Waals surface area contributed by atoms with Crippen molar-refractivity contribution in [1.82, 2.24) is 20.5 Å². The maximum Gasteiger partial charge on any atom is 0.167 e. The molecule has 4 unspecified atom stereocenters. The third-order valence-corrected chi connectivity index (χ3v) is 7.43. The molecule has 2 aromatic rings. The Labute approximate surface area is 190 Å². The molecule has 0 spiro atoms. The van der Waals surface area contributed by atoms with Crippen LogP contribution < -0.4 is 10.6 Å². The highest BCUT2D eigenvalue weighted by Gasteiger charge is 2.43. The van der Waals surface area contributed by atoms with E-state index in [0.29, 0.717) is 17.9 Å². The zero-order valence-corrected chi connectivity index (χ0v) is 18.7. The summed E-state index contributed by atoms with van der Waals surface area (Å²) in [5.41, 5.74) is 3.68. The molecule has 4 heterocycles. The van der Waals surface area contributed by atoms with Crippen molar-refractivity contribution >= 4 is 28.2 Å². The Hall–Kier alpha value is -2.50. The molecule has 4 nitrogen and oxygen atoms in total. The van der Waals surface area contributed by atoms with Gasteiger partial charge in [-0.2, -0.15) is 0 Å². The molecule has 3 saturated heterocycles. The average molecular weight is 431 g/mol. The summed E-state index contributed by atoms with van der Waals surface area (Å²) in [7, 11) is 0. The van der Waals surface area contributed by atoms with E-state index in [-0.39, 0.29) is 6.04 Å². The number of para-hydroxylation sites is 1. The third-order valence-electron chi connectivity index (χ3n) is 7.17. The first-order chi connectivity index (χ1) is 15.2. The number of benzene rings is 1. The summed E-state index contributed by atoms with van der Waals surface area (Å²) < 4.78 is 0. The number of aromatic nitrogens is 1. The summed E-state index contributed by atoms with van der Waals surface area (Å²) in [6.45, 7) is 7.13. The van der Waals surface area contributed by atoms with Crippen molar-refractivity contribution in [3.8, 4) is 0 Å². The normalized spacial score (nSPS) is 27.7. The molecule has 1 aromatic heterocycles. The van der Waals surface area contributed by atoms with Crippen LogP contribution in [0.15, 0.2) is 73.0 Å². The van der Waals surface area contributed by atoms with Gasteiger partial charge in [0.25, 0.3) is 0 Å². The summed E-state index contributed by atoms with van der Waals surface area (Å²) in [6.07, 6.45) is 14.0. The molecule has 3 aliphatic heterocycles. The number of thiocarbonyl (C=S) groups is 1. The molecule has 2 N–H and O–H groups in total. The van der Waals surface area contributed by atoms with E-state index in [0.717, 1.165) is 36.7 Å². The number of piperidine rings is 3. The fourth-order valence-corrected chi connectivity index (χ4v) is 5.70. The largest absolute Gasteiger partial charge is 0.359 e. The standard InChI is InChI=1S/C26H30N4S/c1-2-19-17-30-14-12-20(19)15-24(30)25(29-26(31)28-16-18-7-3-4-8-18)22-11-13-27-23-10-6-5-9-21(22)23/h2-7,9-11,13,19-20,24-25H,1,8,12,14-17H2,(H2,28,29,31)/t19?,20?,24?,25-/m0/s1. The molecule has 3 fully saturated rings. The highest BCUT2D eigenvalue weighted by atomic mass is 32.1. The number of nitrogens with one attached hydrogen (secondary N) is 2. The molecular weight excluding hydrogens is 400 g/mol. The Morgan fingerprint density at radius 3 is 3.00 bits per heavy atom. The van der Waals surface area contributed by atoms with Crippen LogP contribution in [-0.4, -0.2) is 40.7 Å². The fraction of sp³-hybridized carbons (Fsp3) is 0.385. The van der Waals surface area contributed by atoms with E-state index in [2.05, 4.69) is 81.7 Å². The van der Waals surface area contributed by atoms with E-state index < -0.39 is 0 Å². The minimum Gasteiger partial charge on any atom is -0.359 e. The maximum absolute atomic E-state index is 5.77. The molecular formula is C26H30N4S. The molecule has 2 bridgehead atoms. The van der Waals surface area contributed by atoms with E-state index in [1.165, 1.54) is 29.4 Å². The van der Waals surface area contributed by atoms with Crippen molar-refractivity contribution in [3.05, 3.63) is 78.5 Å². The minimum atomic E-state index is 0.122. The van der Waals surface area contributed by atoms with Gasteiger partial charge in [0.2, 0.25) is 0 Å². The first-order valence-electron chi connectivity index (χ1n) is 11.3. The van der Waals surface area contributed by atoms with Crippen molar-refractivity contribution in [3.63, 3.8) is 0 Å². The van der Waals surface area contributed by atoms with Crippen molar-refractivity contribution in [1.29, 1.82) is 0 Å². The number of fused-ring (bicyclic) bond motifs is 4. The molecule has 31 heavy (non-hydrogen) atoms. The quantitative estimate of drug-likeness (QED) is 0.521. The second kappa shape index (κ2) is 8.93. The monoisotopic (exact) mass is 430 g/mol. The Morgan fingerprint density at radius 2 is 2.23 bits per heavy atom. The minimum absolute atomic E-state index is 0.122. The van der Waals surface area contributed by atoms with Gasteiger partial charge in [0.05, 0.1) is 11.6 Å². The Kier molecular flexibility index (Phi) is 5.88. The Bertz CT molecular complexity index is 1040. The molecule has 1 aromatic carbocycles. The predicted octanol–water partition coefficient (Wildman–Crippen LogP) is 4.52. The number of hydrogen-bond donors (Lipinski definition) is 2. The van der Waals surface area contributed by atoms with Gasteiger partial charge >= 0.3 is 0 Å². The Balaban J connectivity index is 1.43. The van der Waals surface area contributed by atoms with Gasteiger partial charge in [0, 0.05) is 30.7 Å². The lowest BCUT2D eigenvalue weighted by Gasteiger charge is -2.52. The van der Waals surface area contributed by atoms with Crippen molar-refractivity contribution in [2.75, 3.05) is 19.6 Å². The summed E-state index contributed by atoms with van der Waals surface area (Å²) in [5, 5.41) is 9.08. The molecule has 5 atom stereocenters. The van der Waals surface area contributed by atoms with Gasteiger partial charge < -0.3 is 10.6 Å². The zero-order chi connectivity index (χ0) is 21.2. The van der Waals surface area contributed by atoms with Crippen LogP contribution in [0.5, 0.6) is 0 Å². The fourth-order valence-electron chi connectivity index (χ4n) is 5.50. The van der Waals surface area contributed by atoms with Gasteiger partial charge in [-0.25, -0.2) is 0 Å². The van der Waals surface area contributed by atoms with Gasteiger partial charge in [0.1, 0.15) is 0 Å². The van der Waals surface area contributed by atoms with Crippen LogP contribution in [0.1, 0.15) is 30.9 Å². The SMILES string of the molecule is C=CC1CN2CCC1CC2[C@@H](NC(=S)NCC1=CC=CC1)c1ccnc2ccccc12. The van der Waals surface area contributed by atoms with Crippen molar-refractivity contribution < 1.29 is 0 Å². The van der Waals surface area contributed by atoms with Crippen LogP contribution in [-0.2, 0) is 0 Å². The van der Waals surface area contributed by atoms with E-state index in [1.54, 1.807) is 0 Å². The van der Waals surface area contributed by atoms with Crippen LogP contribution >= 0.6 is 12.2 Å². The Morgan fingerprint density at radius 1 is 1.32 bits per heavy atom. The summed E-state index contributed by atoms with van der Waals surface area (Å²) in [5.74, 6) is 1.31. The number of allylic oxidation sites excluding steroid dienone is 3. The summed E-state index contributed by atoms with van der Waals surface area (Å²) in [4.78, 5) is 7.24. The lowest BCUT2D eigenvalue weighted by atomic mass is 9.73. The van der Waals surface area contributed by atoms with E-state index >= 15 is 0 Å². The van der Waals surface area contributed by atoms with Gasteiger partial charge in [-0.15, -0.1) is 6.58 Å². The van der Waals surface area contributed by atoms with Crippen LogP contribution in [0.3, 0.4) is 0 Å². The van der Waals surface area contributed by atoms with Crippen LogP contribution in [0.2, 0.25) is 0 Å². The van der Waals surface area contributed by atoms with E-state index in [9.17, 15) is 0 Å². The molecule has 0 amide bonds. The van der Waals surface area contributed by atoms with Crippen LogP contribution in [0.4, 0.5) is 0 Å². The second-order valence-electron chi connectivity index (χ2n) is 8.93. The first-order valence-corrected chi connectivity index (χ1v) is 11.7. The number of rotatable bonds is 6. The summed E-state index contributed by atoms with van der Waals surface area (Å²) >= 11 is 5.77. The zero-order valence-electron chi connectivity index (χ0n) is 17.8. The molecule has 160 valence electrons. The lowest BCUT2D eigenvalue weighted by molar-refractivity contribution is 0.00430. The molecule has 0 saturated carbocycles. The van der Waals surface area contributed by atoms with Crippen molar-refractivity contribution in [2.45, 2.75) is 31.3 Å². The number of nitrogens with zero attached hydrogens (tertiary/aromatic N) is 2. The second-order valence-corrected chi connectivity index (χ2v) is 9.33. The molecule has 5 heteroatoms. The van der Waals surface area contributed by atoms with Gasteiger partial charge in [-0.3, -0.25) is 9.88 Å². The molecule has 4 aliphatic rings. The number of pyridine rings is 1. The van der Waals surface area contributed by atoms with Crippen LogP contribution in [0.25, 0.3) is 10.9 Å². The van der Waals surface area contributed by atoms with E-state index in [4.69, 9.17) is 12.2 Å². The smallest absolute Gasteiger partial charge is 0.167 e. The first kappa shape index (κ1) is 20.4. The topological polar surface area (TPSA) is 40.2 Å². The maximum atomic E-state index is 5.77. The predicted molar refractivity (Wildman–Crippen MR) is 132 cm³/mol. The number of hydrogen-bond acceptors (Lipinski definition) is 3. The van der Waals surface area contributed by atoms with Gasteiger partial charge in [0.15, 0.2) is 5.11 Å². The van der Waals surface area contributed by atoms with Crippen molar-refractivity contribution in [2.24, 2.45) is 11.8 Å². The summed E-state index contributed by atoms with van der Waals surface area (Å²) in [6, 6.07) is 11.1. The highest BCUT2D eigenvalue weighted by molar-refractivity contribution is 7.80. The average Bonchev–Trinajstić information content (AvgIpc) is 3.35. The van der Waals surface area contributed by atoms with Gasteiger partial charge in [-0.1, -0.05) is 42.5 Å². The van der Waals surface area contributed by atoms with E-state index in [1.807, 2.05) is 6.20 Å². The lowest BCUT2D eigenvalue weighted by Crippen LogP contribution is -2.58. The third kappa shape index (κ3) is 4.17.